The summed E-state index contributed by atoms with van der Waals surface area (Å²) in [6.45, 7) is 9.12. The SMILES string of the molecule is CC1=[C-]CC=C1.C[CH-]C.[C-]1=CC=CC1.[CH3-].[Si]=[Zr]. The Balaban J connectivity index is -0.000000164. The summed E-state index contributed by atoms with van der Waals surface area (Å²) >= 11 is 1.36. The van der Waals surface area contributed by atoms with Crippen molar-refractivity contribution in [1.29, 1.82) is 0 Å². The second-order valence-corrected chi connectivity index (χ2v) is 3.05. The fraction of sp³-hybridized carbons (Fsp3) is 0.333. The molecule has 0 N–H and O–H groups in total. The molecule has 2 radical (unpaired) electrons. The van der Waals surface area contributed by atoms with E-state index in [1.165, 1.54) is 28.9 Å². The summed E-state index contributed by atoms with van der Waals surface area (Å²) in [6, 6.07) is 0. The van der Waals surface area contributed by atoms with Gasteiger partial charge in [0.25, 0.3) is 0 Å². The molecule has 0 saturated carbocycles. The van der Waals surface area contributed by atoms with E-state index < -0.39 is 0 Å². The predicted molar refractivity (Wildman–Crippen MR) is 75.6 cm³/mol. The van der Waals surface area contributed by atoms with Gasteiger partial charge in [0.2, 0.25) is 0 Å². The van der Waals surface area contributed by atoms with Gasteiger partial charge in [-0.1, -0.05) is 6.92 Å². The van der Waals surface area contributed by atoms with Crippen molar-refractivity contribution >= 4 is 6.88 Å². The van der Waals surface area contributed by atoms with Gasteiger partial charge in [0, 0.05) is 0 Å². The van der Waals surface area contributed by atoms with Crippen LogP contribution < -0.4 is 0 Å². The molecule has 0 amide bonds. The van der Waals surface area contributed by atoms with Crippen LogP contribution in [-0.4, -0.2) is 6.88 Å². The van der Waals surface area contributed by atoms with E-state index in [1.807, 2.05) is 32.4 Å². The maximum absolute atomic E-state index is 3.12. The first-order valence-electron chi connectivity index (χ1n) is 5.26. The van der Waals surface area contributed by atoms with Crippen LogP contribution in [0.15, 0.2) is 36.0 Å². The van der Waals surface area contributed by atoms with Crippen LogP contribution in [0, 0.1) is 26.0 Å². The van der Waals surface area contributed by atoms with Crippen molar-refractivity contribution in [3.05, 3.63) is 62.0 Å². The molecule has 2 rings (SSSR count). The maximum atomic E-state index is 3.12. The van der Waals surface area contributed by atoms with E-state index in [1.54, 1.807) is 0 Å². The Bertz CT molecular complexity index is 237. The summed E-state index contributed by atoms with van der Waals surface area (Å²) in [6.07, 6.45) is 20.3. The van der Waals surface area contributed by atoms with Gasteiger partial charge in [0.15, 0.2) is 0 Å². The molecular weight excluding hydrogens is 299 g/mol. The Kier molecular flexibility index (Phi) is 28.0. The van der Waals surface area contributed by atoms with Crippen LogP contribution in [0.25, 0.3) is 0 Å². The van der Waals surface area contributed by atoms with Crippen molar-refractivity contribution in [3.8, 4) is 0 Å². The average Bonchev–Trinajstić information content (AvgIpc) is 2.96. The molecular formula is C15H22SiZr-4. The Hall–Kier alpha value is 0.0600. The molecule has 0 unspecified atom stereocenters. The molecule has 0 saturated heterocycles. The van der Waals surface area contributed by atoms with Crippen LogP contribution >= 0.6 is 0 Å². The van der Waals surface area contributed by atoms with Crippen LogP contribution in [0.3, 0.4) is 0 Å². The van der Waals surface area contributed by atoms with E-state index >= 15 is 0 Å². The van der Waals surface area contributed by atoms with Crippen LogP contribution in [0.4, 0.5) is 0 Å². The topological polar surface area (TPSA) is 0 Å². The molecule has 2 aliphatic carbocycles. The molecule has 0 aromatic rings. The molecule has 0 nitrogen and oxygen atoms in total. The molecule has 0 atom stereocenters. The molecule has 0 fully saturated rings. The summed E-state index contributed by atoms with van der Waals surface area (Å²) in [5.74, 6) is 0. The average molecular weight is 322 g/mol. The predicted octanol–water partition coefficient (Wildman–Crippen LogP) is 4.30. The van der Waals surface area contributed by atoms with Crippen molar-refractivity contribution in [3.63, 3.8) is 0 Å². The number of allylic oxidation sites excluding steroid dienone is 8. The Morgan fingerprint density at radius 3 is 1.94 bits per heavy atom. The number of rotatable bonds is 0. The van der Waals surface area contributed by atoms with Crippen LogP contribution in [0.1, 0.15) is 33.6 Å². The third kappa shape index (κ3) is 21.8. The first-order chi connectivity index (χ1) is 7.81. The van der Waals surface area contributed by atoms with Crippen LogP contribution in [-0.2, 0) is 23.3 Å². The first-order valence-corrected chi connectivity index (χ1v) is 9.44. The van der Waals surface area contributed by atoms with Crippen molar-refractivity contribution in [2.24, 2.45) is 0 Å². The van der Waals surface area contributed by atoms with E-state index in [9.17, 15) is 0 Å². The number of hydrogen-bond donors (Lipinski definition) is 0. The van der Waals surface area contributed by atoms with Gasteiger partial charge in [-0.15, -0.1) is 12.8 Å². The van der Waals surface area contributed by atoms with Gasteiger partial charge in [-0.05, 0) is 0 Å². The molecule has 0 aromatic carbocycles. The van der Waals surface area contributed by atoms with E-state index in [2.05, 4.69) is 44.2 Å². The first kappa shape index (κ1) is 22.3. The van der Waals surface area contributed by atoms with E-state index in [0.29, 0.717) is 0 Å². The van der Waals surface area contributed by atoms with Gasteiger partial charge in [0.1, 0.15) is 0 Å². The fourth-order valence-corrected chi connectivity index (χ4v) is 0.855. The summed E-state index contributed by atoms with van der Waals surface area (Å²) in [5.41, 5.74) is 1.27. The molecule has 17 heavy (non-hydrogen) atoms. The third-order valence-electron chi connectivity index (χ3n) is 1.45. The Morgan fingerprint density at radius 2 is 1.82 bits per heavy atom. The number of hydrogen-bond acceptors (Lipinski definition) is 0. The van der Waals surface area contributed by atoms with Crippen molar-refractivity contribution < 1.29 is 23.3 Å². The van der Waals surface area contributed by atoms with Crippen molar-refractivity contribution in [2.45, 2.75) is 33.6 Å². The van der Waals surface area contributed by atoms with Gasteiger partial charge in [-0.3, -0.25) is 12.2 Å². The van der Waals surface area contributed by atoms with Crippen molar-refractivity contribution in [2.75, 3.05) is 0 Å². The second-order valence-electron chi connectivity index (χ2n) is 3.05. The van der Waals surface area contributed by atoms with Crippen molar-refractivity contribution in [1.82, 2.24) is 0 Å². The van der Waals surface area contributed by atoms with Gasteiger partial charge >= 0.3 is 30.2 Å². The van der Waals surface area contributed by atoms with E-state index in [4.69, 9.17) is 0 Å². The zero-order chi connectivity index (χ0) is 12.6. The molecule has 2 aliphatic rings. The van der Waals surface area contributed by atoms with Gasteiger partial charge in [0.05, 0.1) is 0 Å². The minimum absolute atomic E-state index is 0. The molecule has 0 heterocycles. The zero-order valence-electron chi connectivity index (χ0n) is 11.4. The van der Waals surface area contributed by atoms with E-state index in [0.717, 1.165) is 12.8 Å². The van der Waals surface area contributed by atoms with E-state index in [-0.39, 0.29) is 7.43 Å². The normalized spacial score (nSPS) is 12.9. The Morgan fingerprint density at radius 1 is 1.24 bits per heavy atom. The zero-order valence-corrected chi connectivity index (χ0v) is 14.8. The monoisotopic (exact) mass is 320 g/mol. The van der Waals surface area contributed by atoms with Gasteiger partial charge in [-0.25, -0.2) is 23.8 Å². The Labute approximate surface area is 125 Å². The summed E-state index contributed by atoms with van der Waals surface area (Å²) in [4.78, 5) is 0. The summed E-state index contributed by atoms with van der Waals surface area (Å²) in [7, 11) is 0. The van der Waals surface area contributed by atoms with Gasteiger partial charge < -0.3 is 13.8 Å². The summed E-state index contributed by atoms with van der Waals surface area (Å²) < 4.78 is 0. The third-order valence-corrected chi connectivity index (χ3v) is 1.45. The molecule has 0 aromatic heterocycles. The quantitative estimate of drug-likeness (QED) is 0.461. The van der Waals surface area contributed by atoms with Crippen LogP contribution in [0.5, 0.6) is 0 Å². The molecule has 0 aliphatic heterocycles. The molecule has 0 bridgehead atoms. The standard InChI is InChI=1S/C6H7.C5H5.C3H7.CH3.Si.Zr/c1-6-4-2-3-5-6;1-2-4-5-3-1;1-3-2;;;/h2,4H,3H2,1H3;1-3H,4H2;3H,1-2H3;1H3;;/q4*-1;;. The second kappa shape index (κ2) is 21.4. The van der Waals surface area contributed by atoms with Crippen LogP contribution in [0.2, 0.25) is 0 Å². The minimum atomic E-state index is 0. The summed E-state index contributed by atoms with van der Waals surface area (Å²) in [5, 5.41) is 0. The fourth-order valence-electron chi connectivity index (χ4n) is 0.855. The van der Waals surface area contributed by atoms with Gasteiger partial charge in [-0.2, -0.15) is 26.0 Å². The molecule has 2 heteroatoms. The molecule has 0 spiro atoms. The molecule has 94 valence electrons.